The van der Waals surface area contributed by atoms with Crippen molar-refractivity contribution in [1.82, 2.24) is 4.90 Å². The molecule has 1 N–H and O–H groups in total. The van der Waals surface area contributed by atoms with Crippen LogP contribution in [0.1, 0.15) is 54.0 Å². The van der Waals surface area contributed by atoms with Crippen LogP contribution in [0.25, 0.3) is 0 Å². The van der Waals surface area contributed by atoms with Gasteiger partial charge < -0.3 is 14.7 Å². The highest BCUT2D eigenvalue weighted by molar-refractivity contribution is 5.31. The number of benzene rings is 1. The van der Waals surface area contributed by atoms with Crippen molar-refractivity contribution < 1.29 is 9.84 Å². The Kier molecular flexibility index (Phi) is 8.24. The summed E-state index contributed by atoms with van der Waals surface area (Å²) in [5, 5.41) is 10.3. The second-order valence-electron chi connectivity index (χ2n) is 8.75. The molecule has 1 aromatic carbocycles. The molecule has 0 bridgehead atoms. The van der Waals surface area contributed by atoms with Gasteiger partial charge in [0.2, 0.25) is 0 Å². The summed E-state index contributed by atoms with van der Waals surface area (Å²) in [7, 11) is 0. The van der Waals surface area contributed by atoms with Gasteiger partial charge in [0, 0.05) is 19.6 Å². The molecule has 0 saturated carbocycles. The van der Waals surface area contributed by atoms with Crippen LogP contribution < -0.4 is 4.74 Å². The molecule has 1 aromatic rings. The lowest BCUT2D eigenvalue weighted by molar-refractivity contribution is 0.0601. The molecule has 0 aromatic heterocycles. The monoisotopic (exact) mass is 335 g/mol. The van der Waals surface area contributed by atoms with Gasteiger partial charge >= 0.3 is 0 Å². The molecule has 0 heterocycles. The molecule has 0 amide bonds. The highest BCUT2D eigenvalue weighted by atomic mass is 16.5. The van der Waals surface area contributed by atoms with Crippen LogP contribution in [0.2, 0.25) is 0 Å². The summed E-state index contributed by atoms with van der Waals surface area (Å²) in [6.45, 7) is 18.5. The Labute approximate surface area is 149 Å². The van der Waals surface area contributed by atoms with Gasteiger partial charge in [0.25, 0.3) is 0 Å². The Hall–Kier alpha value is -1.06. The molecule has 0 radical (unpaired) electrons. The van der Waals surface area contributed by atoms with Crippen molar-refractivity contribution >= 4 is 0 Å². The lowest BCUT2D eigenvalue weighted by Gasteiger charge is -2.28. The van der Waals surface area contributed by atoms with E-state index in [9.17, 15) is 5.11 Å². The van der Waals surface area contributed by atoms with Gasteiger partial charge in [-0.15, -0.1) is 0 Å². The van der Waals surface area contributed by atoms with E-state index in [2.05, 4.69) is 65.5 Å². The van der Waals surface area contributed by atoms with E-state index in [1.807, 2.05) is 12.1 Å². The minimum Gasteiger partial charge on any atom is -0.491 e. The quantitative estimate of drug-likeness (QED) is 0.729. The van der Waals surface area contributed by atoms with E-state index in [0.29, 0.717) is 25.0 Å². The van der Waals surface area contributed by atoms with Crippen LogP contribution in [0.3, 0.4) is 0 Å². The van der Waals surface area contributed by atoms with Crippen LogP contribution in [-0.2, 0) is 5.41 Å². The van der Waals surface area contributed by atoms with Gasteiger partial charge in [0.05, 0.1) is 0 Å². The Balaban J connectivity index is 2.50. The second kappa shape index (κ2) is 9.43. The SMILES string of the molecule is CC(C)CN(CC(C)C)C[C@@H](O)COc1ccc(C(C)(C)C)cc1. The molecular formula is C21H37NO2. The summed E-state index contributed by atoms with van der Waals surface area (Å²) in [6, 6.07) is 8.19. The van der Waals surface area contributed by atoms with Crippen molar-refractivity contribution in [3.8, 4) is 5.75 Å². The van der Waals surface area contributed by atoms with Crippen molar-refractivity contribution in [2.24, 2.45) is 11.8 Å². The van der Waals surface area contributed by atoms with E-state index in [1.165, 1.54) is 5.56 Å². The van der Waals surface area contributed by atoms with Crippen molar-refractivity contribution in [3.05, 3.63) is 29.8 Å². The Morgan fingerprint density at radius 2 is 1.42 bits per heavy atom. The van der Waals surface area contributed by atoms with Crippen LogP contribution in [0, 0.1) is 11.8 Å². The third-order valence-corrected chi connectivity index (χ3v) is 3.88. The minimum atomic E-state index is -0.468. The fourth-order valence-electron chi connectivity index (χ4n) is 2.85. The third kappa shape index (κ3) is 8.16. The van der Waals surface area contributed by atoms with E-state index in [4.69, 9.17) is 4.74 Å². The van der Waals surface area contributed by atoms with Crippen LogP contribution in [-0.4, -0.2) is 42.4 Å². The largest absolute Gasteiger partial charge is 0.491 e. The standard InChI is InChI=1S/C21H37NO2/c1-16(2)12-22(13-17(3)4)14-19(23)15-24-20-10-8-18(9-11-20)21(5,6)7/h8-11,16-17,19,23H,12-15H2,1-7H3/t19-/m1/s1. The maximum Gasteiger partial charge on any atom is 0.119 e. The van der Waals surface area contributed by atoms with E-state index >= 15 is 0 Å². The smallest absolute Gasteiger partial charge is 0.119 e. The number of aliphatic hydroxyl groups excluding tert-OH is 1. The van der Waals surface area contributed by atoms with Gasteiger partial charge in [0.1, 0.15) is 18.5 Å². The molecule has 1 atom stereocenters. The van der Waals surface area contributed by atoms with Crippen molar-refractivity contribution in [1.29, 1.82) is 0 Å². The Bertz CT molecular complexity index is 450. The summed E-state index contributed by atoms with van der Waals surface area (Å²) in [4.78, 5) is 2.34. The molecule has 138 valence electrons. The average molecular weight is 336 g/mol. The van der Waals surface area contributed by atoms with Gasteiger partial charge in [-0.3, -0.25) is 0 Å². The fraction of sp³-hybridized carbons (Fsp3) is 0.714. The van der Waals surface area contributed by atoms with Gasteiger partial charge in [-0.05, 0) is 34.9 Å². The van der Waals surface area contributed by atoms with Gasteiger partial charge in [-0.2, -0.15) is 0 Å². The molecule has 1 rings (SSSR count). The molecular weight excluding hydrogens is 298 g/mol. The van der Waals surface area contributed by atoms with E-state index in [1.54, 1.807) is 0 Å². The first kappa shape index (κ1) is 21.0. The van der Waals surface area contributed by atoms with Gasteiger partial charge in [-0.25, -0.2) is 0 Å². The predicted octanol–water partition coefficient (Wildman–Crippen LogP) is 4.34. The molecule has 3 heteroatoms. The zero-order chi connectivity index (χ0) is 18.3. The maximum absolute atomic E-state index is 10.3. The summed E-state index contributed by atoms with van der Waals surface area (Å²) >= 11 is 0. The molecule has 3 nitrogen and oxygen atoms in total. The first-order chi connectivity index (χ1) is 11.1. The average Bonchev–Trinajstić information content (AvgIpc) is 2.43. The predicted molar refractivity (Wildman–Crippen MR) is 103 cm³/mol. The second-order valence-corrected chi connectivity index (χ2v) is 8.75. The van der Waals surface area contributed by atoms with E-state index < -0.39 is 6.10 Å². The third-order valence-electron chi connectivity index (χ3n) is 3.88. The zero-order valence-corrected chi connectivity index (χ0v) is 16.7. The molecule has 0 fully saturated rings. The first-order valence-electron chi connectivity index (χ1n) is 9.21. The van der Waals surface area contributed by atoms with Crippen LogP contribution in [0.15, 0.2) is 24.3 Å². The topological polar surface area (TPSA) is 32.7 Å². The lowest BCUT2D eigenvalue weighted by Crippen LogP contribution is -2.39. The minimum absolute atomic E-state index is 0.145. The molecule has 0 aliphatic rings. The summed E-state index contributed by atoms with van der Waals surface area (Å²) in [5.74, 6) is 2.02. The van der Waals surface area contributed by atoms with Gasteiger partial charge in [0.15, 0.2) is 0 Å². The normalized spacial score (nSPS) is 13.8. The zero-order valence-electron chi connectivity index (χ0n) is 16.7. The van der Waals surface area contributed by atoms with Gasteiger partial charge in [-0.1, -0.05) is 60.6 Å². The van der Waals surface area contributed by atoms with Crippen molar-refractivity contribution in [2.45, 2.75) is 60.0 Å². The highest BCUT2D eigenvalue weighted by Crippen LogP contribution is 2.24. The number of hydrogen-bond acceptors (Lipinski definition) is 3. The van der Waals surface area contributed by atoms with Crippen LogP contribution >= 0.6 is 0 Å². The molecule has 0 unspecified atom stereocenters. The maximum atomic E-state index is 10.3. The number of aliphatic hydroxyl groups is 1. The number of nitrogens with zero attached hydrogens (tertiary/aromatic N) is 1. The summed E-state index contributed by atoms with van der Waals surface area (Å²) in [6.07, 6.45) is -0.468. The Morgan fingerprint density at radius 1 is 0.917 bits per heavy atom. The number of ether oxygens (including phenoxy) is 1. The highest BCUT2D eigenvalue weighted by Gasteiger charge is 2.16. The lowest BCUT2D eigenvalue weighted by atomic mass is 9.87. The van der Waals surface area contributed by atoms with Crippen molar-refractivity contribution in [2.75, 3.05) is 26.2 Å². The molecule has 0 aliphatic carbocycles. The number of rotatable bonds is 9. The van der Waals surface area contributed by atoms with Crippen LogP contribution in [0.4, 0.5) is 0 Å². The molecule has 0 saturated heterocycles. The molecule has 24 heavy (non-hydrogen) atoms. The fourth-order valence-corrected chi connectivity index (χ4v) is 2.85. The van der Waals surface area contributed by atoms with Crippen molar-refractivity contribution in [3.63, 3.8) is 0 Å². The first-order valence-corrected chi connectivity index (χ1v) is 9.21. The summed E-state index contributed by atoms with van der Waals surface area (Å²) in [5.41, 5.74) is 1.43. The molecule has 0 aliphatic heterocycles. The summed E-state index contributed by atoms with van der Waals surface area (Å²) < 4.78 is 5.77. The van der Waals surface area contributed by atoms with E-state index in [0.717, 1.165) is 18.8 Å². The Morgan fingerprint density at radius 3 is 1.83 bits per heavy atom. The molecule has 0 spiro atoms. The number of hydrogen-bond donors (Lipinski definition) is 1. The van der Waals surface area contributed by atoms with Crippen LogP contribution in [0.5, 0.6) is 5.75 Å². The van der Waals surface area contributed by atoms with E-state index in [-0.39, 0.29) is 5.41 Å².